The molecule has 1 unspecified atom stereocenters. The third-order valence-corrected chi connectivity index (χ3v) is 6.06. The Bertz CT molecular complexity index is 509. The van der Waals surface area contributed by atoms with Crippen LogP contribution >= 0.6 is 11.3 Å². The summed E-state index contributed by atoms with van der Waals surface area (Å²) in [5.74, 6) is 1.36. The van der Waals surface area contributed by atoms with Crippen molar-refractivity contribution in [2.75, 3.05) is 37.6 Å². The van der Waals surface area contributed by atoms with Gasteiger partial charge < -0.3 is 9.80 Å². The average molecular weight is 347 g/mol. The second-order valence-corrected chi connectivity index (χ2v) is 7.95. The number of anilines is 1. The normalized spacial score (nSPS) is 25.0. The van der Waals surface area contributed by atoms with Crippen molar-refractivity contribution < 1.29 is 13.2 Å². The van der Waals surface area contributed by atoms with Crippen LogP contribution in [-0.2, 0) is 6.18 Å². The maximum Gasteiger partial charge on any atom is 0.427 e. The number of thiazole rings is 1. The molecule has 0 aliphatic carbocycles. The number of piperidine rings is 2. The molecular weight excluding hydrogens is 323 g/mol. The molecule has 0 spiro atoms. The lowest BCUT2D eigenvalue weighted by Gasteiger charge is -2.37. The van der Waals surface area contributed by atoms with E-state index in [1.54, 1.807) is 0 Å². The minimum absolute atomic E-state index is 0.522. The van der Waals surface area contributed by atoms with Gasteiger partial charge in [-0.2, -0.15) is 13.2 Å². The summed E-state index contributed by atoms with van der Waals surface area (Å²) in [5, 5.41) is 0.522. The van der Waals surface area contributed by atoms with Crippen LogP contribution in [0.4, 0.5) is 18.3 Å². The molecule has 0 saturated carbocycles. The van der Waals surface area contributed by atoms with Gasteiger partial charge in [0.2, 0.25) is 0 Å². The Labute approximate surface area is 139 Å². The van der Waals surface area contributed by atoms with E-state index in [1.165, 1.54) is 19.3 Å². The predicted octanol–water partition coefficient (Wildman–Crippen LogP) is 4.11. The van der Waals surface area contributed by atoms with E-state index >= 15 is 0 Å². The number of aromatic nitrogens is 1. The van der Waals surface area contributed by atoms with Gasteiger partial charge in [0, 0.05) is 19.6 Å². The van der Waals surface area contributed by atoms with E-state index in [2.05, 4.69) is 16.8 Å². The van der Waals surface area contributed by atoms with Crippen LogP contribution in [0.3, 0.4) is 0 Å². The van der Waals surface area contributed by atoms with E-state index in [4.69, 9.17) is 0 Å². The van der Waals surface area contributed by atoms with Crippen molar-refractivity contribution in [2.45, 2.75) is 38.8 Å². The van der Waals surface area contributed by atoms with Gasteiger partial charge in [0.25, 0.3) is 0 Å². The molecule has 23 heavy (non-hydrogen) atoms. The Balaban J connectivity index is 1.56. The summed E-state index contributed by atoms with van der Waals surface area (Å²) in [6.45, 7) is 7.34. The first-order valence-electron chi connectivity index (χ1n) is 8.42. The van der Waals surface area contributed by atoms with Crippen molar-refractivity contribution >= 4 is 16.5 Å². The third-order valence-electron chi connectivity index (χ3n) is 4.96. The monoisotopic (exact) mass is 347 g/mol. The molecule has 0 aromatic carbocycles. The second kappa shape index (κ2) is 6.97. The lowest BCUT2D eigenvalue weighted by molar-refractivity contribution is -0.134. The quantitative estimate of drug-likeness (QED) is 0.820. The van der Waals surface area contributed by atoms with Gasteiger partial charge in [0.15, 0.2) is 5.13 Å². The fraction of sp³-hybridized carbons (Fsp3) is 0.812. The van der Waals surface area contributed by atoms with Crippen LogP contribution in [0.1, 0.15) is 37.5 Å². The SMILES string of the molecule is CC1CCN(CC2CCCN(c3ncc(C(F)(F)F)s3)C2)CC1. The molecule has 0 N–H and O–H groups in total. The zero-order valence-corrected chi connectivity index (χ0v) is 14.3. The van der Waals surface area contributed by atoms with Crippen molar-refractivity contribution in [2.24, 2.45) is 11.8 Å². The molecular formula is C16H24F3N3S. The molecule has 2 aliphatic heterocycles. The summed E-state index contributed by atoms with van der Waals surface area (Å²) in [7, 11) is 0. The van der Waals surface area contributed by atoms with Gasteiger partial charge >= 0.3 is 6.18 Å². The smallest absolute Gasteiger partial charge is 0.348 e. The number of halogens is 3. The zero-order valence-electron chi connectivity index (χ0n) is 13.5. The molecule has 3 rings (SSSR count). The van der Waals surface area contributed by atoms with Crippen molar-refractivity contribution in [3.63, 3.8) is 0 Å². The van der Waals surface area contributed by atoms with E-state index in [-0.39, 0.29) is 0 Å². The highest BCUT2D eigenvalue weighted by atomic mass is 32.1. The molecule has 2 saturated heterocycles. The number of rotatable bonds is 3. The van der Waals surface area contributed by atoms with Gasteiger partial charge in [-0.05, 0) is 50.6 Å². The molecule has 130 valence electrons. The number of hydrogen-bond donors (Lipinski definition) is 0. The van der Waals surface area contributed by atoms with Crippen molar-refractivity contribution in [3.05, 3.63) is 11.1 Å². The van der Waals surface area contributed by atoms with Crippen LogP contribution in [-0.4, -0.2) is 42.6 Å². The van der Waals surface area contributed by atoms with E-state index in [9.17, 15) is 13.2 Å². The van der Waals surface area contributed by atoms with Gasteiger partial charge in [0.1, 0.15) is 4.88 Å². The third kappa shape index (κ3) is 4.38. The minimum Gasteiger partial charge on any atom is -0.348 e. The highest BCUT2D eigenvalue weighted by Gasteiger charge is 2.34. The van der Waals surface area contributed by atoms with Gasteiger partial charge in [-0.1, -0.05) is 18.3 Å². The Morgan fingerprint density at radius 1 is 1.22 bits per heavy atom. The fourth-order valence-electron chi connectivity index (χ4n) is 3.54. The highest BCUT2D eigenvalue weighted by Crippen LogP contribution is 2.37. The second-order valence-electron chi connectivity index (χ2n) is 6.94. The molecule has 3 nitrogen and oxygen atoms in total. The summed E-state index contributed by atoms with van der Waals surface area (Å²) in [4.78, 5) is 7.98. The average Bonchev–Trinajstić information content (AvgIpc) is 3.00. The van der Waals surface area contributed by atoms with Gasteiger partial charge in [-0.15, -0.1) is 0 Å². The Hall–Kier alpha value is -0.820. The van der Waals surface area contributed by atoms with Crippen molar-refractivity contribution in [3.8, 4) is 0 Å². The van der Waals surface area contributed by atoms with Crippen LogP contribution in [0.15, 0.2) is 6.20 Å². The molecule has 0 radical (unpaired) electrons. The Morgan fingerprint density at radius 3 is 2.61 bits per heavy atom. The molecule has 1 aromatic heterocycles. The standard InChI is InChI=1S/C16H24F3N3S/c1-12-4-7-21(8-5-12)10-13-3-2-6-22(11-13)15-20-9-14(23-15)16(17,18)19/h9,12-13H,2-8,10-11H2,1H3. The summed E-state index contributed by atoms with van der Waals surface area (Å²) in [6, 6.07) is 0. The Kier molecular flexibility index (Phi) is 5.16. The molecule has 2 fully saturated rings. The lowest BCUT2D eigenvalue weighted by atomic mass is 9.94. The molecule has 2 aliphatic rings. The number of nitrogens with zero attached hydrogens (tertiary/aromatic N) is 3. The van der Waals surface area contributed by atoms with E-state index in [1.807, 2.05) is 4.90 Å². The van der Waals surface area contributed by atoms with Gasteiger partial charge in [-0.3, -0.25) is 0 Å². The van der Waals surface area contributed by atoms with E-state index < -0.39 is 11.1 Å². The molecule has 7 heteroatoms. The molecule has 3 heterocycles. The van der Waals surface area contributed by atoms with Crippen molar-refractivity contribution in [1.82, 2.24) is 9.88 Å². The molecule has 0 bridgehead atoms. The van der Waals surface area contributed by atoms with Gasteiger partial charge in [0.05, 0.1) is 6.20 Å². The van der Waals surface area contributed by atoms with Crippen molar-refractivity contribution in [1.29, 1.82) is 0 Å². The summed E-state index contributed by atoms with van der Waals surface area (Å²) >= 11 is 0.771. The summed E-state index contributed by atoms with van der Waals surface area (Å²) < 4.78 is 38.2. The first-order valence-corrected chi connectivity index (χ1v) is 9.24. The van der Waals surface area contributed by atoms with Crippen LogP contribution in [0.2, 0.25) is 0 Å². The largest absolute Gasteiger partial charge is 0.427 e. The first kappa shape index (κ1) is 17.0. The highest BCUT2D eigenvalue weighted by molar-refractivity contribution is 7.15. The number of likely N-dealkylation sites (tertiary alicyclic amines) is 1. The first-order chi connectivity index (χ1) is 10.9. The van der Waals surface area contributed by atoms with Crippen LogP contribution in [0, 0.1) is 11.8 Å². The number of alkyl halides is 3. The fourth-order valence-corrected chi connectivity index (χ4v) is 4.36. The van der Waals surface area contributed by atoms with Crippen LogP contribution in [0.25, 0.3) is 0 Å². The summed E-state index contributed by atoms with van der Waals surface area (Å²) in [5.41, 5.74) is 0. The zero-order chi connectivity index (χ0) is 16.4. The number of hydrogen-bond acceptors (Lipinski definition) is 4. The topological polar surface area (TPSA) is 19.4 Å². The lowest BCUT2D eigenvalue weighted by Crippen LogP contribution is -2.43. The van der Waals surface area contributed by atoms with E-state index in [0.717, 1.165) is 62.6 Å². The maximum atomic E-state index is 12.7. The van der Waals surface area contributed by atoms with E-state index in [0.29, 0.717) is 11.0 Å². The predicted molar refractivity (Wildman–Crippen MR) is 86.9 cm³/mol. The molecule has 1 aromatic rings. The van der Waals surface area contributed by atoms with Gasteiger partial charge in [-0.25, -0.2) is 4.98 Å². The molecule has 1 atom stereocenters. The summed E-state index contributed by atoms with van der Waals surface area (Å²) in [6.07, 6.45) is 1.41. The molecule has 0 amide bonds. The Morgan fingerprint density at radius 2 is 1.96 bits per heavy atom. The van der Waals surface area contributed by atoms with Crippen LogP contribution in [0.5, 0.6) is 0 Å². The maximum absolute atomic E-state index is 12.7. The van der Waals surface area contributed by atoms with Crippen LogP contribution < -0.4 is 4.90 Å². The minimum atomic E-state index is -4.28.